The molecule has 146 valence electrons. The molecule has 1 saturated heterocycles. The molecule has 28 heavy (non-hydrogen) atoms. The lowest BCUT2D eigenvalue weighted by atomic mass is 10.2. The minimum absolute atomic E-state index is 0.208. The van der Waals surface area contributed by atoms with E-state index in [1.54, 1.807) is 0 Å². The summed E-state index contributed by atoms with van der Waals surface area (Å²) in [5.74, 6) is 1.11. The highest BCUT2D eigenvalue weighted by Crippen LogP contribution is 2.27. The maximum atomic E-state index is 12.2. The smallest absolute Gasteiger partial charge is 0.328 e. The van der Waals surface area contributed by atoms with Crippen LogP contribution in [0.2, 0.25) is 0 Å². The highest BCUT2D eigenvalue weighted by molar-refractivity contribution is 5.83. The molecule has 0 spiro atoms. The Morgan fingerprint density at radius 3 is 3.04 bits per heavy atom. The van der Waals surface area contributed by atoms with E-state index < -0.39 is 0 Å². The number of hydrogen-bond donors (Lipinski definition) is 2. The molecule has 7 heteroatoms. The Morgan fingerprint density at radius 2 is 2.21 bits per heavy atom. The van der Waals surface area contributed by atoms with Crippen LogP contribution in [0.3, 0.4) is 0 Å². The number of carbonyl (C=O) groups is 1. The molecule has 1 atom stereocenters. The number of rotatable bonds is 6. The summed E-state index contributed by atoms with van der Waals surface area (Å²) < 4.78 is 4.98. The van der Waals surface area contributed by atoms with Gasteiger partial charge in [-0.1, -0.05) is 19.4 Å². The Hall–Kier alpha value is -3.09. The molecular weight excluding hydrogens is 354 g/mol. The molecular formula is C21H25N5O2. The van der Waals surface area contributed by atoms with E-state index >= 15 is 0 Å². The monoisotopic (exact) mass is 379 g/mol. The Balaban J connectivity index is 1.66. The Morgan fingerprint density at radius 1 is 1.32 bits per heavy atom. The van der Waals surface area contributed by atoms with E-state index in [0.29, 0.717) is 5.95 Å². The van der Waals surface area contributed by atoms with Gasteiger partial charge in [-0.15, -0.1) is 0 Å². The SMILES string of the molecule is CCCc1cc(N2CCC[C@H]2C(=O)OC)nc(Nc2ccc3cc[nH]c3c2)n1. The fraction of sp³-hybridized carbons (Fsp3) is 0.381. The first-order valence-electron chi connectivity index (χ1n) is 9.74. The van der Waals surface area contributed by atoms with E-state index in [-0.39, 0.29) is 12.0 Å². The molecule has 1 aliphatic rings. The first-order valence-corrected chi connectivity index (χ1v) is 9.74. The number of anilines is 3. The number of fused-ring (bicyclic) bond motifs is 1. The van der Waals surface area contributed by atoms with Gasteiger partial charge < -0.3 is 19.9 Å². The largest absolute Gasteiger partial charge is 0.467 e. The van der Waals surface area contributed by atoms with Crippen LogP contribution in [0, 0.1) is 0 Å². The zero-order valence-corrected chi connectivity index (χ0v) is 16.2. The summed E-state index contributed by atoms with van der Waals surface area (Å²) in [7, 11) is 1.44. The van der Waals surface area contributed by atoms with Crippen LogP contribution in [-0.4, -0.2) is 40.6 Å². The van der Waals surface area contributed by atoms with Gasteiger partial charge in [-0.05, 0) is 42.8 Å². The number of aryl methyl sites for hydroxylation is 1. The zero-order valence-electron chi connectivity index (χ0n) is 16.2. The molecule has 4 rings (SSSR count). The predicted molar refractivity (Wildman–Crippen MR) is 110 cm³/mol. The van der Waals surface area contributed by atoms with E-state index in [0.717, 1.165) is 60.3 Å². The quantitative estimate of drug-likeness (QED) is 0.634. The van der Waals surface area contributed by atoms with Gasteiger partial charge in [-0.2, -0.15) is 4.98 Å². The van der Waals surface area contributed by atoms with Gasteiger partial charge in [-0.3, -0.25) is 0 Å². The second kappa shape index (κ2) is 7.88. The molecule has 0 radical (unpaired) electrons. The first-order chi connectivity index (χ1) is 13.7. The summed E-state index contributed by atoms with van der Waals surface area (Å²) in [6, 6.07) is 9.85. The highest BCUT2D eigenvalue weighted by atomic mass is 16.5. The van der Waals surface area contributed by atoms with Gasteiger partial charge in [0.25, 0.3) is 0 Å². The molecule has 0 amide bonds. The number of aromatic amines is 1. The topological polar surface area (TPSA) is 83.1 Å². The van der Waals surface area contributed by atoms with Crippen molar-refractivity contribution in [3.8, 4) is 0 Å². The molecule has 3 aromatic rings. The van der Waals surface area contributed by atoms with Crippen LogP contribution in [0.4, 0.5) is 17.5 Å². The normalized spacial score (nSPS) is 16.5. The van der Waals surface area contributed by atoms with Crippen LogP contribution in [0.15, 0.2) is 36.5 Å². The van der Waals surface area contributed by atoms with Gasteiger partial charge in [0, 0.05) is 35.7 Å². The second-order valence-electron chi connectivity index (χ2n) is 7.07. The number of H-pyrrole nitrogens is 1. The number of carbonyl (C=O) groups excluding carboxylic acids is 1. The number of aromatic nitrogens is 3. The minimum atomic E-state index is -0.280. The standard InChI is InChI=1S/C21H25N5O2/c1-3-5-15-13-19(26-11-4-6-18(26)20(27)28-2)25-21(23-15)24-16-8-7-14-9-10-22-17(14)12-16/h7-10,12-13,18,22H,3-6,11H2,1-2H3,(H,23,24,25)/t18-/m0/s1. The lowest BCUT2D eigenvalue weighted by Gasteiger charge is -2.24. The van der Waals surface area contributed by atoms with E-state index in [4.69, 9.17) is 9.72 Å². The van der Waals surface area contributed by atoms with Gasteiger partial charge in [-0.25, -0.2) is 9.78 Å². The number of hydrogen-bond acceptors (Lipinski definition) is 6. The summed E-state index contributed by atoms with van der Waals surface area (Å²) in [6.07, 6.45) is 5.50. The summed E-state index contributed by atoms with van der Waals surface area (Å²) in [5.41, 5.74) is 2.94. The van der Waals surface area contributed by atoms with Crippen LogP contribution in [0.25, 0.3) is 10.9 Å². The third-order valence-electron chi connectivity index (χ3n) is 5.10. The molecule has 7 nitrogen and oxygen atoms in total. The van der Waals surface area contributed by atoms with Crippen LogP contribution in [0.5, 0.6) is 0 Å². The lowest BCUT2D eigenvalue weighted by molar-refractivity contribution is -0.141. The molecule has 0 unspecified atom stereocenters. The number of benzene rings is 1. The number of ether oxygens (including phenoxy) is 1. The Labute approximate surface area is 164 Å². The fourth-order valence-corrected chi connectivity index (χ4v) is 3.75. The average Bonchev–Trinajstić information content (AvgIpc) is 3.36. The van der Waals surface area contributed by atoms with Crippen molar-refractivity contribution in [1.82, 2.24) is 15.0 Å². The molecule has 2 N–H and O–H groups in total. The summed E-state index contributed by atoms with van der Waals surface area (Å²) in [4.78, 5) is 26.8. The molecule has 1 aliphatic heterocycles. The fourth-order valence-electron chi connectivity index (χ4n) is 3.75. The average molecular weight is 379 g/mol. The maximum Gasteiger partial charge on any atom is 0.328 e. The van der Waals surface area contributed by atoms with Crippen molar-refractivity contribution in [2.24, 2.45) is 0 Å². The number of nitrogens with zero attached hydrogens (tertiary/aromatic N) is 3. The van der Waals surface area contributed by atoms with Crippen molar-refractivity contribution in [3.63, 3.8) is 0 Å². The van der Waals surface area contributed by atoms with E-state index in [9.17, 15) is 4.79 Å². The van der Waals surface area contributed by atoms with Crippen LogP contribution >= 0.6 is 0 Å². The van der Waals surface area contributed by atoms with Crippen LogP contribution < -0.4 is 10.2 Å². The molecule has 0 aliphatic carbocycles. The Bertz CT molecular complexity index is 984. The number of nitrogens with one attached hydrogen (secondary N) is 2. The van der Waals surface area contributed by atoms with Gasteiger partial charge in [0.15, 0.2) is 0 Å². The molecule has 2 aromatic heterocycles. The molecule has 3 heterocycles. The minimum Gasteiger partial charge on any atom is -0.467 e. The van der Waals surface area contributed by atoms with Crippen molar-refractivity contribution < 1.29 is 9.53 Å². The van der Waals surface area contributed by atoms with Crippen LogP contribution in [0.1, 0.15) is 31.9 Å². The third-order valence-corrected chi connectivity index (χ3v) is 5.10. The van der Waals surface area contributed by atoms with E-state index in [1.807, 2.05) is 35.4 Å². The summed E-state index contributed by atoms with van der Waals surface area (Å²) in [5, 5.41) is 4.48. The highest BCUT2D eigenvalue weighted by Gasteiger charge is 2.32. The van der Waals surface area contributed by atoms with Crippen molar-refractivity contribution >= 4 is 34.3 Å². The van der Waals surface area contributed by atoms with Gasteiger partial charge in [0.1, 0.15) is 11.9 Å². The summed E-state index contributed by atoms with van der Waals surface area (Å²) >= 11 is 0. The Kier molecular flexibility index (Phi) is 5.14. The van der Waals surface area contributed by atoms with E-state index in [1.165, 1.54) is 7.11 Å². The predicted octanol–water partition coefficient (Wildman–Crippen LogP) is 3.80. The van der Waals surface area contributed by atoms with Crippen molar-refractivity contribution in [2.45, 2.75) is 38.6 Å². The first kappa shape index (κ1) is 18.3. The number of esters is 1. The van der Waals surface area contributed by atoms with Crippen molar-refractivity contribution in [3.05, 3.63) is 42.2 Å². The van der Waals surface area contributed by atoms with Crippen LogP contribution in [-0.2, 0) is 16.0 Å². The molecule has 1 fully saturated rings. The van der Waals surface area contributed by atoms with Crippen molar-refractivity contribution in [1.29, 1.82) is 0 Å². The number of methoxy groups -OCH3 is 1. The second-order valence-corrected chi connectivity index (χ2v) is 7.07. The molecule has 0 saturated carbocycles. The third kappa shape index (κ3) is 3.65. The van der Waals surface area contributed by atoms with Gasteiger partial charge in [0.2, 0.25) is 5.95 Å². The van der Waals surface area contributed by atoms with Gasteiger partial charge >= 0.3 is 5.97 Å². The lowest BCUT2D eigenvalue weighted by Crippen LogP contribution is -2.37. The van der Waals surface area contributed by atoms with E-state index in [2.05, 4.69) is 28.3 Å². The molecule has 0 bridgehead atoms. The van der Waals surface area contributed by atoms with Gasteiger partial charge in [0.05, 0.1) is 7.11 Å². The zero-order chi connectivity index (χ0) is 19.5. The van der Waals surface area contributed by atoms with Crippen molar-refractivity contribution in [2.75, 3.05) is 23.9 Å². The summed E-state index contributed by atoms with van der Waals surface area (Å²) in [6.45, 7) is 2.91. The maximum absolute atomic E-state index is 12.2. The molecule has 1 aromatic carbocycles.